The largest absolute Gasteiger partial charge is 0.296 e. The summed E-state index contributed by atoms with van der Waals surface area (Å²) in [6, 6.07) is 4.68. The average Bonchev–Trinajstić information content (AvgIpc) is 3.25. The minimum Gasteiger partial charge on any atom is -0.296 e. The summed E-state index contributed by atoms with van der Waals surface area (Å²) in [4.78, 5) is 7.35. The number of aromatic nitrogens is 5. The second kappa shape index (κ2) is 6.96. The molecule has 0 spiro atoms. The Kier molecular flexibility index (Phi) is 4.53. The lowest BCUT2D eigenvalue weighted by Crippen LogP contribution is -2.39. The van der Waals surface area contributed by atoms with Gasteiger partial charge in [0.05, 0.1) is 6.20 Å². The van der Waals surface area contributed by atoms with E-state index in [9.17, 15) is 0 Å². The molecule has 25 heavy (non-hydrogen) atoms. The van der Waals surface area contributed by atoms with Crippen LogP contribution in [0.4, 0.5) is 0 Å². The molecule has 4 rings (SSSR count). The maximum Gasteiger partial charge on any atom is 0.159 e. The summed E-state index contributed by atoms with van der Waals surface area (Å²) >= 11 is 0. The van der Waals surface area contributed by atoms with Gasteiger partial charge in [0.15, 0.2) is 5.65 Å². The van der Waals surface area contributed by atoms with Gasteiger partial charge in [-0.25, -0.2) is 9.50 Å². The van der Waals surface area contributed by atoms with E-state index < -0.39 is 0 Å². The van der Waals surface area contributed by atoms with Crippen LogP contribution < -0.4 is 0 Å². The zero-order valence-corrected chi connectivity index (χ0v) is 15.1. The molecule has 0 bridgehead atoms. The molecular weight excluding hydrogens is 312 g/mol. The Hall–Kier alpha value is -2.21. The van der Waals surface area contributed by atoms with Gasteiger partial charge in [-0.15, -0.1) is 0 Å². The van der Waals surface area contributed by atoms with Crippen LogP contribution in [0.2, 0.25) is 0 Å². The Morgan fingerprint density at radius 2 is 2.12 bits per heavy atom. The van der Waals surface area contributed by atoms with E-state index in [1.54, 1.807) is 0 Å². The lowest BCUT2D eigenvalue weighted by molar-refractivity contribution is 0.127. The average molecular weight is 338 g/mol. The molecule has 1 saturated heterocycles. The van der Waals surface area contributed by atoms with Crippen molar-refractivity contribution in [1.29, 1.82) is 0 Å². The van der Waals surface area contributed by atoms with Crippen LogP contribution in [0, 0.1) is 13.8 Å². The zero-order chi connectivity index (χ0) is 17.2. The summed E-state index contributed by atoms with van der Waals surface area (Å²) in [6.07, 6.45) is 10.9. The first-order chi connectivity index (χ1) is 12.2. The number of likely N-dealkylation sites (tertiary alicyclic amines) is 1. The summed E-state index contributed by atoms with van der Waals surface area (Å²) < 4.78 is 4.00. The van der Waals surface area contributed by atoms with Gasteiger partial charge in [-0.3, -0.25) is 9.58 Å². The van der Waals surface area contributed by atoms with Crippen LogP contribution in [0.25, 0.3) is 5.65 Å². The summed E-state index contributed by atoms with van der Waals surface area (Å²) in [6.45, 7) is 7.22. The summed E-state index contributed by atoms with van der Waals surface area (Å²) in [5, 5.41) is 8.89. The predicted octanol–water partition coefficient (Wildman–Crippen LogP) is 2.99. The van der Waals surface area contributed by atoms with Crippen molar-refractivity contribution < 1.29 is 0 Å². The minimum absolute atomic E-state index is 0.610. The standard InChI is InChI=1S/C19H26N6/c1-15-12-16(2)25-19(22-15)17(13-21-25)14-23-9-4-3-6-18(23)7-11-24-10-5-8-20-24/h5,8,10,12-13,18H,3-4,6-7,9,11,14H2,1-2H3/t18-/m1/s1. The molecule has 1 aliphatic heterocycles. The topological polar surface area (TPSA) is 51.2 Å². The first-order valence-electron chi connectivity index (χ1n) is 9.23. The third-order valence-electron chi connectivity index (χ3n) is 5.22. The van der Waals surface area contributed by atoms with Gasteiger partial charge in [0.2, 0.25) is 0 Å². The van der Waals surface area contributed by atoms with E-state index in [0.717, 1.165) is 43.1 Å². The molecule has 3 aromatic rings. The van der Waals surface area contributed by atoms with Crippen LogP contribution in [-0.4, -0.2) is 41.9 Å². The van der Waals surface area contributed by atoms with Gasteiger partial charge in [-0.05, 0) is 51.8 Å². The molecule has 132 valence electrons. The Balaban J connectivity index is 1.51. The third-order valence-corrected chi connectivity index (χ3v) is 5.22. The van der Waals surface area contributed by atoms with Gasteiger partial charge in [-0.1, -0.05) is 6.42 Å². The first-order valence-corrected chi connectivity index (χ1v) is 9.23. The number of fused-ring (bicyclic) bond motifs is 1. The molecule has 0 unspecified atom stereocenters. The van der Waals surface area contributed by atoms with Gasteiger partial charge in [0.1, 0.15) is 0 Å². The number of hydrogen-bond acceptors (Lipinski definition) is 4. The normalized spacial score (nSPS) is 18.9. The molecular formula is C19H26N6. The SMILES string of the molecule is Cc1cc(C)n2ncc(CN3CCCC[C@@H]3CCn3cccn3)c2n1. The van der Waals surface area contributed by atoms with Crippen LogP contribution in [0.3, 0.4) is 0 Å². The Morgan fingerprint density at radius 1 is 1.20 bits per heavy atom. The van der Waals surface area contributed by atoms with E-state index in [1.807, 2.05) is 33.9 Å². The molecule has 0 N–H and O–H groups in total. The highest BCUT2D eigenvalue weighted by Crippen LogP contribution is 2.24. The molecule has 1 fully saturated rings. The number of hydrogen-bond donors (Lipinski definition) is 0. The number of nitrogens with zero attached hydrogens (tertiary/aromatic N) is 6. The fourth-order valence-electron chi connectivity index (χ4n) is 3.96. The van der Waals surface area contributed by atoms with E-state index in [-0.39, 0.29) is 0 Å². The molecule has 4 heterocycles. The monoisotopic (exact) mass is 338 g/mol. The quantitative estimate of drug-likeness (QED) is 0.718. The molecule has 0 aliphatic carbocycles. The summed E-state index contributed by atoms with van der Waals surface area (Å²) in [7, 11) is 0. The van der Waals surface area contributed by atoms with E-state index in [0.29, 0.717) is 6.04 Å². The smallest absolute Gasteiger partial charge is 0.159 e. The van der Waals surface area contributed by atoms with Crippen molar-refractivity contribution in [2.45, 2.75) is 58.7 Å². The van der Waals surface area contributed by atoms with Gasteiger partial charge in [-0.2, -0.15) is 10.2 Å². The minimum atomic E-state index is 0.610. The molecule has 0 amide bonds. The Labute approximate surface area is 148 Å². The molecule has 6 heteroatoms. The number of piperidine rings is 1. The Morgan fingerprint density at radius 3 is 2.96 bits per heavy atom. The van der Waals surface area contributed by atoms with Crippen LogP contribution >= 0.6 is 0 Å². The first kappa shape index (κ1) is 16.3. The summed E-state index contributed by atoms with van der Waals surface area (Å²) in [5.74, 6) is 0. The summed E-state index contributed by atoms with van der Waals surface area (Å²) in [5.41, 5.74) is 4.44. The van der Waals surface area contributed by atoms with Gasteiger partial charge in [0.25, 0.3) is 0 Å². The molecule has 6 nitrogen and oxygen atoms in total. The maximum absolute atomic E-state index is 4.73. The van der Waals surface area contributed by atoms with Gasteiger partial charge < -0.3 is 0 Å². The highest BCUT2D eigenvalue weighted by molar-refractivity contribution is 5.47. The number of rotatable bonds is 5. The Bertz CT molecular complexity index is 835. The van der Waals surface area contributed by atoms with Crippen LogP contribution in [-0.2, 0) is 13.1 Å². The van der Waals surface area contributed by atoms with Gasteiger partial charge in [0, 0.05) is 48.5 Å². The van der Waals surface area contributed by atoms with Crippen molar-refractivity contribution in [3.05, 3.63) is 47.7 Å². The number of aryl methyl sites for hydroxylation is 3. The second-order valence-electron chi connectivity index (χ2n) is 7.12. The molecule has 3 aromatic heterocycles. The molecule has 0 radical (unpaired) electrons. The van der Waals surface area contributed by atoms with Crippen molar-refractivity contribution >= 4 is 5.65 Å². The molecule has 0 saturated carbocycles. The van der Waals surface area contributed by atoms with E-state index in [4.69, 9.17) is 4.98 Å². The van der Waals surface area contributed by atoms with Crippen molar-refractivity contribution in [2.75, 3.05) is 6.54 Å². The fraction of sp³-hybridized carbons (Fsp3) is 0.526. The van der Waals surface area contributed by atoms with Crippen molar-refractivity contribution in [3.63, 3.8) is 0 Å². The lowest BCUT2D eigenvalue weighted by Gasteiger charge is -2.35. The lowest BCUT2D eigenvalue weighted by atomic mass is 9.99. The predicted molar refractivity (Wildman–Crippen MR) is 97.4 cm³/mol. The van der Waals surface area contributed by atoms with E-state index in [1.165, 1.54) is 24.8 Å². The van der Waals surface area contributed by atoms with Crippen molar-refractivity contribution in [2.24, 2.45) is 0 Å². The molecule has 0 aromatic carbocycles. The molecule has 1 aliphatic rings. The second-order valence-corrected chi connectivity index (χ2v) is 7.12. The van der Waals surface area contributed by atoms with Crippen LogP contribution in [0.1, 0.15) is 42.6 Å². The van der Waals surface area contributed by atoms with Crippen molar-refractivity contribution in [1.82, 2.24) is 29.3 Å². The van der Waals surface area contributed by atoms with Crippen LogP contribution in [0.5, 0.6) is 0 Å². The van der Waals surface area contributed by atoms with Crippen LogP contribution in [0.15, 0.2) is 30.7 Å². The maximum atomic E-state index is 4.73. The zero-order valence-electron chi connectivity index (χ0n) is 15.1. The van der Waals surface area contributed by atoms with Gasteiger partial charge >= 0.3 is 0 Å². The van der Waals surface area contributed by atoms with E-state index in [2.05, 4.69) is 35.0 Å². The third kappa shape index (κ3) is 3.44. The highest BCUT2D eigenvalue weighted by Gasteiger charge is 2.23. The van der Waals surface area contributed by atoms with Crippen molar-refractivity contribution in [3.8, 4) is 0 Å². The highest BCUT2D eigenvalue weighted by atomic mass is 15.3. The molecule has 1 atom stereocenters. The van der Waals surface area contributed by atoms with E-state index >= 15 is 0 Å². The fourth-order valence-corrected chi connectivity index (χ4v) is 3.96.